The van der Waals surface area contributed by atoms with Gasteiger partial charge in [0, 0.05) is 17.1 Å². The zero-order valence-corrected chi connectivity index (χ0v) is 29.2. The summed E-state index contributed by atoms with van der Waals surface area (Å²) >= 11 is 0. The summed E-state index contributed by atoms with van der Waals surface area (Å²) in [7, 11) is 0. The van der Waals surface area contributed by atoms with Gasteiger partial charge in [0.1, 0.15) is 0 Å². The van der Waals surface area contributed by atoms with E-state index < -0.39 is 0 Å². The minimum Gasteiger partial charge on any atom is -0.310 e. The lowest BCUT2D eigenvalue weighted by Crippen LogP contribution is -2.10. The van der Waals surface area contributed by atoms with Crippen LogP contribution in [0.2, 0.25) is 0 Å². The van der Waals surface area contributed by atoms with Crippen LogP contribution in [0.5, 0.6) is 0 Å². The maximum atomic E-state index is 2.39. The highest BCUT2D eigenvalue weighted by Gasteiger charge is 2.18. The predicted molar refractivity (Wildman–Crippen MR) is 227 cm³/mol. The van der Waals surface area contributed by atoms with Gasteiger partial charge < -0.3 is 4.90 Å². The molecule has 10 rings (SSSR count). The van der Waals surface area contributed by atoms with Gasteiger partial charge in [0.25, 0.3) is 0 Å². The Hall–Kier alpha value is -6.96. The van der Waals surface area contributed by atoms with Crippen LogP contribution in [0.3, 0.4) is 0 Å². The van der Waals surface area contributed by atoms with Crippen molar-refractivity contribution in [2.45, 2.75) is 0 Å². The van der Waals surface area contributed by atoms with E-state index in [0.29, 0.717) is 0 Å². The molecular formula is C52H35N. The molecule has 0 unspecified atom stereocenters. The van der Waals surface area contributed by atoms with Crippen LogP contribution in [0.1, 0.15) is 0 Å². The van der Waals surface area contributed by atoms with Crippen LogP contribution >= 0.6 is 0 Å². The van der Waals surface area contributed by atoms with Gasteiger partial charge in [-0.3, -0.25) is 0 Å². The van der Waals surface area contributed by atoms with Crippen LogP contribution in [-0.4, -0.2) is 0 Å². The molecule has 0 aromatic heterocycles. The Balaban J connectivity index is 1.16. The standard InChI is InChI=1S/C52H35N/c1-3-14-37(15-4-1)46-32-30-44(34-50(46)38-16-5-2-6-17-38)53(43-29-23-36-13-7-8-19-41(36)33-43)42-27-24-40(25-28-42)51-35-52-45-20-10-9-18-39(45)26-31-49(52)47-21-11-12-22-48(47)51/h1-35H. The molecule has 0 aliphatic carbocycles. The summed E-state index contributed by atoms with van der Waals surface area (Å²) in [6.45, 7) is 0. The van der Waals surface area contributed by atoms with Crippen molar-refractivity contribution in [3.8, 4) is 33.4 Å². The second-order valence-electron chi connectivity index (χ2n) is 13.7. The molecule has 0 heterocycles. The summed E-state index contributed by atoms with van der Waals surface area (Å²) < 4.78 is 0. The molecule has 0 bridgehead atoms. The third kappa shape index (κ3) is 5.51. The predicted octanol–water partition coefficient (Wildman–Crippen LogP) is 14.8. The first kappa shape index (κ1) is 30.8. The number of hydrogen-bond acceptors (Lipinski definition) is 1. The molecule has 0 radical (unpaired) electrons. The molecule has 0 atom stereocenters. The molecule has 0 saturated heterocycles. The Kier molecular flexibility index (Phi) is 7.55. The van der Waals surface area contributed by atoms with Crippen LogP contribution in [-0.2, 0) is 0 Å². The van der Waals surface area contributed by atoms with Crippen LogP contribution < -0.4 is 4.90 Å². The molecule has 10 aromatic rings. The van der Waals surface area contributed by atoms with Crippen molar-refractivity contribution in [3.63, 3.8) is 0 Å². The van der Waals surface area contributed by atoms with E-state index in [2.05, 4.69) is 217 Å². The summed E-state index contributed by atoms with van der Waals surface area (Å²) in [6.07, 6.45) is 0. The van der Waals surface area contributed by atoms with Gasteiger partial charge in [0.15, 0.2) is 0 Å². The summed E-state index contributed by atoms with van der Waals surface area (Å²) in [5.74, 6) is 0. The van der Waals surface area contributed by atoms with Gasteiger partial charge in [0.05, 0.1) is 0 Å². The molecular weight excluding hydrogens is 639 g/mol. The molecule has 0 aliphatic rings. The topological polar surface area (TPSA) is 3.24 Å². The maximum Gasteiger partial charge on any atom is 0.0468 e. The lowest BCUT2D eigenvalue weighted by molar-refractivity contribution is 1.29. The van der Waals surface area contributed by atoms with Crippen molar-refractivity contribution in [1.82, 2.24) is 0 Å². The monoisotopic (exact) mass is 673 g/mol. The van der Waals surface area contributed by atoms with E-state index >= 15 is 0 Å². The molecule has 1 nitrogen and oxygen atoms in total. The number of nitrogens with zero attached hydrogens (tertiary/aromatic N) is 1. The first-order valence-corrected chi connectivity index (χ1v) is 18.3. The fraction of sp³-hybridized carbons (Fsp3) is 0. The van der Waals surface area contributed by atoms with Crippen molar-refractivity contribution in [2.24, 2.45) is 0 Å². The number of rotatable bonds is 6. The van der Waals surface area contributed by atoms with Crippen LogP contribution in [0.25, 0.3) is 76.5 Å². The van der Waals surface area contributed by atoms with E-state index in [-0.39, 0.29) is 0 Å². The molecule has 0 N–H and O–H groups in total. The van der Waals surface area contributed by atoms with Crippen molar-refractivity contribution >= 4 is 60.2 Å². The zero-order chi connectivity index (χ0) is 35.1. The molecule has 0 saturated carbocycles. The quantitative estimate of drug-likeness (QED) is 0.159. The molecule has 0 spiro atoms. The third-order valence-electron chi connectivity index (χ3n) is 10.6. The molecule has 0 amide bonds. The van der Waals surface area contributed by atoms with Gasteiger partial charge in [-0.05, 0) is 119 Å². The number of benzene rings is 10. The summed E-state index contributed by atoms with van der Waals surface area (Å²) in [5, 5.41) is 10.1. The maximum absolute atomic E-state index is 2.39. The highest BCUT2D eigenvalue weighted by Crippen LogP contribution is 2.43. The molecule has 248 valence electrons. The highest BCUT2D eigenvalue weighted by molar-refractivity contribution is 6.21. The van der Waals surface area contributed by atoms with E-state index in [1.54, 1.807) is 0 Å². The molecule has 0 aliphatic heterocycles. The molecule has 1 heteroatoms. The van der Waals surface area contributed by atoms with E-state index in [4.69, 9.17) is 0 Å². The van der Waals surface area contributed by atoms with Crippen LogP contribution in [0.15, 0.2) is 212 Å². The number of hydrogen-bond donors (Lipinski definition) is 0. The van der Waals surface area contributed by atoms with Gasteiger partial charge in [-0.25, -0.2) is 0 Å². The normalized spacial score (nSPS) is 11.4. The van der Waals surface area contributed by atoms with Crippen molar-refractivity contribution in [1.29, 1.82) is 0 Å². The SMILES string of the molecule is c1ccc(-c2ccc(N(c3ccc(-c4cc5c6ccccc6ccc5c5ccccc45)cc3)c3ccc4ccccc4c3)cc2-c2ccccc2)cc1. The van der Waals surface area contributed by atoms with Gasteiger partial charge in [-0.1, -0.05) is 170 Å². The van der Waals surface area contributed by atoms with Crippen molar-refractivity contribution in [3.05, 3.63) is 212 Å². The van der Waals surface area contributed by atoms with Crippen LogP contribution in [0, 0.1) is 0 Å². The second-order valence-corrected chi connectivity index (χ2v) is 13.7. The molecule has 10 aromatic carbocycles. The fourth-order valence-electron chi connectivity index (χ4n) is 8.05. The second kappa shape index (κ2) is 13.0. The zero-order valence-electron chi connectivity index (χ0n) is 29.2. The summed E-state index contributed by atoms with van der Waals surface area (Å²) in [5.41, 5.74) is 10.6. The van der Waals surface area contributed by atoms with Crippen LogP contribution in [0.4, 0.5) is 17.1 Å². The average Bonchev–Trinajstić information content (AvgIpc) is 3.24. The van der Waals surface area contributed by atoms with Gasteiger partial charge in [0.2, 0.25) is 0 Å². The third-order valence-corrected chi connectivity index (χ3v) is 10.6. The highest BCUT2D eigenvalue weighted by atomic mass is 15.1. The van der Waals surface area contributed by atoms with Gasteiger partial charge in [-0.2, -0.15) is 0 Å². The Labute approximate surface area is 309 Å². The Morgan fingerprint density at radius 3 is 1.49 bits per heavy atom. The van der Waals surface area contributed by atoms with Gasteiger partial charge >= 0.3 is 0 Å². The number of anilines is 3. The minimum atomic E-state index is 1.10. The first-order valence-electron chi connectivity index (χ1n) is 18.3. The Bertz CT molecular complexity index is 2930. The van der Waals surface area contributed by atoms with Crippen molar-refractivity contribution in [2.75, 3.05) is 4.90 Å². The summed E-state index contributed by atoms with van der Waals surface area (Å²) in [6, 6.07) is 77.3. The average molecular weight is 674 g/mol. The minimum absolute atomic E-state index is 1.10. The fourth-order valence-corrected chi connectivity index (χ4v) is 8.05. The van der Waals surface area contributed by atoms with E-state index in [1.165, 1.54) is 76.5 Å². The molecule has 53 heavy (non-hydrogen) atoms. The summed E-state index contributed by atoms with van der Waals surface area (Å²) in [4.78, 5) is 2.39. The first-order chi connectivity index (χ1) is 26.3. The Morgan fingerprint density at radius 1 is 0.226 bits per heavy atom. The van der Waals surface area contributed by atoms with E-state index in [0.717, 1.165) is 17.1 Å². The van der Waals surface area contributed by atoms with E-state index in [9.17, 15) is 0 Å². The lowest BCUT2D eigenvalue weighted by atomic mass is 9.91. The molecule has 0 fully saturated rings. The lowest BCUT2D eigenvalue weighted by Gasteiger charge is -2.27. The Morgan fingerprint density at radius 2 is 0.736 bits per heavy atom. The largest absolute Gasteiger partial charge is 0.310 e. The van der Waals surface area contributed by atoms with Crippen molar-refractivity contribution < 1.29 is 0 Å². The smallest absolute Gasteiger partial charge is 0.0468 e. The van der Waals surface area contributed by atoms with E-state index in [1.807, 2.05) is 0 Å². The van der Waals surface area contributed by atoms with Gasteiger partial charge in [-0.15, -0.1) is 0 Å². The number of fused-ring (bicyclic) bond motifs is 6.